The standard InChI is InChI=1S/C29H27NO4/c1-2-3-7-15-30-23-12-8-11-21(14-13-20-9-5-4-6-10-20)27(23)29(28(30)31)18-32-24-17-26-25(16-22(24)29)33-19-34-26/h4-6,8-14,16-17H,2-3,7,15,18-19H2,1H3. The first-order valence-electron chi connectivity index (χ1n) is 12.0. The van der Waals surface area contributed by atoms with Crippen molar-refractivity contribution in [2.75, 3.05) is 24.8 Å². The Hall–Kier alpha value is -3.73. The van der Waals surface area contributed by atoms with Crippen LogP contribution in [0.4, 0.5) is 5.69 Å². The van der Waals surface area contributed by atoms with Crippen molar-refractivity contribution in [3.8, 4) is 17.2 Å². The third-order valence-corrected chi connectivity index (χ3v) is 7.02. The van der Waals surface area contributed by atoms with E-state index in [1.807, 2.05) is 41.3 Å². The van der Waals surface area contributed by atoms with E-state index in [9.17, 15) is 4.79 Å². The molecule has 172 valence electrons. The van der Waals surface area contributed by atoms with Gasteiger partial charge in [-0.2, -0.15) is 0 Å². The van der Waals surface area contributed by atoms with Gasteiger partial charge in [-0.3, -0.25) is 4.79 Å². The molecule has 34 heavy (non-hydrogen) atoms. The molecule has 0 saturated carbocycles. The van der Waals surface area contributed by atoms with E-state index in [1.54, 1.807) is 0 Å². The Bertz CT molecular complexity index is 1280. The van der Waals surface area contributed by atoms with Crippen LogP contribution < -0.4 is 19.1 Å². The second-order valence-corrected chi connectivity index (χ2v) is 9.04. The number of hydrogen-bond donors (Lipinski definition) is 0. The number of ether oxygens (including phenoxy) is 3. The summed E-state index contributed by atoms with van der Waals surface area (Å²) >= 11 is 0. The second kappa shape index (κ2) is 8.24. The molecule has 0 aliphatic carbocycles. The van der Waals surface area contributed by atoms with Gasteiger partial charge in [0.15, 0.2) is 11.5 Å². The minimum absolute atomic E-state index is 0.0804. The summed E-state index contributed by atoms with van der Waals surface area (Å²) < 4.78 is 17.4. The number of anilines is 1. The molecular formula is C29H27NO4. The fourth-order valence-corrected chi connectivity index (χ4v) is 5.35. The zero-order valence-corrected chi connectivity index (χ0v) is 19.3. The van der Waals surface area contributed by atoms with Gasteiger partial charge in [-0.1, -0.05) is 74.4 Å². The molecule has 0 aromatic heterocycles. The van der Waals surface area contributed by atoms with Crippen LogP contribution in [-0.4, -0.2) is 25.9 Å². The number of benzene rings is 3. The maximum absolute atomic E-state index is 14.2. The quantitative estimate of drug-likeness (QED) is 0.350. The molecule has 5 heteroatoms. The Morgan fingerprint density at radius 3 is 2.56 bits per heavy atom. The van der Waals surface area contributed by atoms with Crippen molar-refractivity contribution in [3.63, 3.8) is 0 Å². The summed E-state index contributed by atoms with van der Waals surface area (Å²) in [5.41, 5.74) is 4.11. The lowest BCUT2D eigenvalue weighted by atomic mass is 9.75. The molecule has 0 fully saturated rings. The second-order valence-electron chi connectivity index (χ2n) is 9.04. The van der Waals surface area contributed by atoms with Gasteiger partial charge in [0.1, 0.15) is 17.8 Å². The SMILES string of the molecule is CCCCCN1C(=O)C2(COc3cc4c(cc32)OCO4)c2c(C=Cc3ccccc3)cccc21. The van der Waals surface area contributed by atoms with Crippen molar-refractivity contribution in [1.82, 2.24) is 0 Å². The van der Waals surface area contributed by atoms with Gasteiger partial charge >= 0.3 is 0 Å². The lowest BCUT2D eigenvalue weighted by Crippen LogP contribution is -2.43. The Morgan fingerprint density at radius 1 is 0.912 bits per heavy atom. The smallest absolute Gasteiger partial charge is 0.245 e. The monoisotopic (exact) mass is 453 g/mol. The lowest BCUT2D eigenvalue weighted by molar-refractivity contribution is -0.122. The molecule has 3 aliphatic heterocycles. The van der Waals surface area contributed by atoms with Crippen molar-refractivity contribution in [1.29, 1.82) is 0 Å². The summed E-state index contributed by atoms with van der Waals surface area (Å²) in [7, 11) is 0. The maximum Gasteiger partial charge on any atom is 0.245 e. The summed E-state index contributed by atoms with van der Waals surface area (Å²) in [4.78, 5) is 16.2. The number of fused-ring (bicyclic) bond motifs is 5. The first-order chi connectivity index (χ1) is 16.7. The Balaban J connectivity index is 1.51. The van der Waals surface area contributed by atoms with Crippen LogP contribution in [0.15, 0.2) is 60.7 Å². The fraction of sp³-hybridized carbons (Fsp3) is 0.276. The zero-order chi connectivity index (χ0) is 23.1. The van der Waals surface area contributed by atoms with E-state index in [1.165, 1.54) is 0 Å². The van der Waals surface area contributed by atoms with Gasteiger partial charge in [0.2, 0.25) is 12.7 Å². The molecule has 1 spiro atoms. The number of nitrogens with zero attached hydrogens (tertiary/aromatic N) is 1. The highest BCUT2D eigenvalue weighted by atomic mass is 16.7. The average Bonchev–Trinajstić information content (AvgIpc) is 3.54. The molecule has 3 aliphatic rings. The molecule has 1 unspecified atom stereocenters. The third kappa shape index (κ3) is 3.11. The number of hydrogen-bond acceptors (Lipinski definition) is 4. The number of carbonyl (C=O) groups is 1. The van der Waals surface area contributed by atoms with Crippen LogP contribution in [0, 0.1) is 0 Å². The first-order valence-corrected chi connectivity index (χ1v) is 12.0. The van der Waals surface area contributed by atoms with Crippen LogP contribution in [0.5, 0.6) is 17.2 Å². The van der Waals surface area contributed by atoms with E-state index in [2.05, 4.69) is 43.3 Å². The van der Waals surface area contributed by atoms with Crippen LogP contribution in [0.25, 0.3) is 12.2 Å². The summed E-state index contributed by atoms with van der Waals surface area (Å²) in [6.45, 7) is 3.34. The average molecular weight is 454 g/mol. The van der Waals surface area contributed by atoms with Crippen molar-refractivity contribution in [2.24, 2.45) is 0 Å². The molecule has 1 amide bonds. The van der Waals surface area contributed by atoms with E-state index >= 15 is 0 Å². The molecule has 3 aromatic carbocycles. The van der Waals surface area contributed by atoms with Gasteiger partial charge in [-0.15, -0.1) is 0 Å². The normalized spacial score (nSPS) is 19.7. The summed E-state index contributed by atoms with van der Waals surface area (Å²) in [6, 6.07) is 20.2. The van der Waals surface area contributed by atoms with Crippen LogP contribution in [0.3, 0.4) is 0 Å². The predicted molar refractivity (Wildman–Crippen MR) is 133 cm³/mol. The Kier molecular flexibility index (Phi) is 5.05. The van der Waals surface area contributed by atoms with Gasteiger partial charge in [-0.25, -0.2) is 0 Å². The molecule has 5 nitrogen and oxygen atoms in total. The molecule has 1 atom stereocenters. The number of rotatable bonds is 6. The van der Waals surface area contributed by atoms with Gasteiger partial charge < -0.3 is 19.1 Å². The highest BCUT2D eigenvalue weighted by Gasteiger charge is 2.58. The van der Waals surface area contributed by atoms with E-state index in [4.69, 9.17) is 14.2 Å². The molecule has 0 N–H and O–H groups in total. The minimum atomic E-state index is -0.893. The van der Waals surface area contributed by atoms with E-state index in [0.29, 0.717) is 23.8 Å². The Morgan fingerprint density at radius 2 is 1.74 bits per heavy atom. The topological polar surface area (TPSA) is 48.0 Å². The van der Waals surface area contributed by atoms with E-state index in [0.717, 1.165) is 47.2 Å². The summed E-state index contributed by atoms with van der Waals surface area (Å²) in [5.74, 6) is 2.11. The zero-order valence-electron chi connectivity index (χ0n) is 19.3. The maximum atomic E-state index is 14.2. The van der Waals surface area contributed by atoms with Gasteiger partial charge in [0.05, 0.1) is 0 Å². The number of amides is 1. The van der Waals surface area contributed by atoms with E-state index in [-0.39, 0.29) is 19.3 Å². The Labute approximate surface area is 199 Å². The lowest BCUT2D eigenvalue weighted by Gasteiger charge is -2.24. The molecule has 3 aromatic rings. The molecule has 0 bridgehead atoms. The fourth-order valence-electron chi connectivity index (χ4n) is 5.35. The summed E-state index contributed by atoms with van der Waals surface area (Å²) in [6.07, 6.45) is 7.38. The van der Waals surface area contributed by atoms with Gasteiger partial charge in [0.25, 0.3) is 0 Å². The number of unbranched alkanes of at least 4 members (excludes halogenated alkanes) is 2. The highest BCUT2D eigenvalue weighted by molar-refractivity contribution is 6.12. The largest absolute Gasteiger partial charge is 0.491 e. The molecular weight excluding hydrogens is 426 g/mol. The van der Waals surface area contributed by atoms with Crippen molar-refractivity contribution < 1.29 is 19.0 Å². The van der Waals surface area contributed by atoms with Crippen LogP contribution in [0.1, 0.15) is 48.4 Å². The van der Waals surface area contributed by atoms with Crippen molar-refractivity contribution >= 4 is 23.7 Å². The van der Waals surface area contributed by atoms with Gasteiger partial charge in [-0.05, 0) is 29.7 Å². The van der Waals surface area contributed by atoms with Crippen LogP contribution in [0.2, 0.25) is 0 Å². The molecule has 0 radical (unpaired) electrons. The van der Waals surface area contributed by atoms with Crippen molar-refractivity contribution in [2.45, 2.75) is 31.6 Å². The van der Waals surface area contributed by atoms with Crippen molar-refractivity contribution in [3.05, 3.63) is 82.9 Å². The molecule has 6 rings (SSSR count). The summed E-state index contributed by atoms with van der Waals surface area (Å²) in [5, 5.41) is 0. The first kappa shape index (κ1) is 20.8. The van der Waals surface area contributed by atoms with E-state index < -0.39 is 5.41 Å². The predicted octanol–water partition coefficient (Wildman–Crippen LogP) is 5.80. The third-order valence-electron chi connectivity index (χ3n) is 7.02. The number of carbonyl (C=O) groups excluding carboxylic acids is 1. The minimum Gasteiger partial charge on any atom is -0.491 e. The van der Waals surface area contributed by atoms with Gasteiger partial charge in [0, 0.05) is 29.4 Å². The highest BCUT2D eigenvalue weighted by Crippen LogP contribution is 2.56. The molecule has 3 heterocycles. The van der Waals surface area contributed by atoms with Crippen LogP contribution in [-0.2, 0) is 10.2 Å². The van der Waals surface area contributed by atoms with Crippen LogP contribution >= 0.6 is 0 Å². The molecule has 0 saturated heterocycles.